The monoisotopic (exact) mass is 223 g/mol. The molecule has 1 fully saturated rings. The van der Waals surface area contributed by atoms with Crippen molar-refractivity contribution in [3.05, 3.63) is 18.2 Å². The number of imidazole rings is 1. The first-order valence-corrected chi connectivity index (χ1v) is 6.03. The molecule has 1 aromatic heterocycles. The van der Waals surface area contributed by atoms with Crippen molar-refractivity contribution in [1.29, 1.82) is 0 Å². The van der Waals surface area contributed by atoms with Gasteiger partial charge in [0, 0.05) is 38.4 Å². The first-order valence-electron chi connectivity index (χ1n) is 6.03. The van der Waals surface area contributed by atoms with Gasteiger partial charge in [0.1, 0.15) is 0 Å². The van der Waals surface area contributed by atoms with Gasteiger partial charge in [-0.1, -0.05) is 12.8 Å². The molecule has 1 saturated carbocycles. The van der Waals surface area contributed by atoms with E-state index < -0.39 is 0 Å². The Morgan fingerprint density at radius 2 is 2.25 bits per heavy atom. The van der Waals surface area contributed by atoms with Gasteiger partial charge in [0.15, 0.2) is 0 Å². The number of aliphatic hydroxyl groups is 1. The summed E-state index contributed by atoms with van der Waals surface area (Å²) in [4.78, 5) is 4.08. The molecule has 0 aliphatic heterocycles. The first-order chi connectivity index (χ1) is 7.76. The van der Waals surface area contributed by atoms with Gasteiger partial charge in [-0.05, 0) is 12.8 Å². The highest BCUT2D eigenvalue weighted by Crippen LogP contribution is 2.36. The molecule has 1 aliphatic rings. The lowest BCUT2D eigenvalue weighted by atomic mass is 9.87. The molecule has 4 nitrogen and oxygen atoms in total. The normalized spacial score (nSPS) is 19.1. The van der Waals surface area contributed by atoms with Gasteiger partial charge in [0.2, 0.25) is 0 Å². The summed E-state index contributed by atoms with van der Waals surface area (Å²) in [5, 5.41) is 12.9. The van der Waals surface area contributed by atoms with E-state index in [1.165, 1.54) is 18.5 Å². The van der Waals surface area contributed by atoms with Gasteiger partial charge in [-0.25, -0.2) is 4.98 Å². The number of aliphatic hydroxyl groups excluding tert-OH is 1. The molecular formula is C12H21N3O. The van der Waals surface area contributed by atoms with Crippen LogP contribution in [0.15, 0.2) is 12.5 Å². The Morgan fingerprint density at radius 3 is 2.81 bits per heavy atom. The van der Waals surface area contributed by atoms with Crippen molar-refractivity contribution < 1.29 is 5.11 Å². The number of nitrogens with zero attached hydrogens (tertiary/aromatic N) is 2. The van der Waals surface area contributed by atoms with E-state index in [9.17, 15) is 5.11 Å². The third-order valence-corrected chi connectivity index (χ3v) is 3.72. The zero-order valence-electron chi connectivity index (χ0n) is 9.95. The van der Waals surface area contributed by atoms with E-state index in [0.29, 0.717) is 6.61 Å². The van der Waals surface area contributed by atoms with Crippen molar-refractivity contribution in [1.82, 2.24) is 14.9 Å². The average Bonchev–Trinajstić information content (AvgIpc) is 2.90. The lowest BCUT2D eigenvalue weighted by Crippen LogP contribution is -2.35. The molecule has 2 N–H and O–H groups in total. The fraction of sp³-hybridized carbons (Fsp3) is 0.750. The summed E-state index contributed by atoms with van der Waals surface area (Å²) < 4.78 is 2.02. The van der Waals surface area contributed by atoms with Crippen LogP contribution in [-0.2, 0) is 13.6 Å². The Hall–Kier alpha value is -0.870. The lowest BCUT2D eigenvalue weighted by molar-refractivity contribution is 0.128. The minimum atomic E-state index is 0.137. The van der Waals surface area contributed by atoms with Crippen LogP contribution in [0.25, 0.3) is 0 Å². The van der Waals surface area contributed by atoms with Gasteiger partial charge in [0.05, 0.1) is 12.0 Å². The second-order valence-electron chi connectivity index (χ2n) is 4.96. The molecule has 0 amide bonds. The topological polar surface area (TPSA) is 50.1 Å². The second kappa shape index (κ2) is 4.97. The second-order valence-corrected chi connectivity index (χ2v) is 4.96. The molecule has 90 valence electrons. The Balaban J connectivity index is 1.81. The maximum absolute atomic E-state index is 9.47. The molecule has 16 heavy (non-hydrogen) atoms. The van der Waals surface area contributed by atoms with Gasteiger partial charge < -0.3 is 15.0 Å². The van der Waals surface area contributed by atoms with Gasteiger partial charge >= 0.3 is 0 Å². The van der Waals surface area contributed by atoms with E-state index in [1.54, 1.807) is 0 Å². The van der Waals surface area contributed by atoms with Crippen molar-refractivity contribution in [2.24, 2.45) is 12.5 Å². The number of nitrogens with one attached hydrogen (secondary N) is 1. The predicted octanol–water partition coefficient (Wildman–Crippen LogP) is 1.06. The average molecular weight is 223 g/mol. The number of aromatic nitrogens is 2. The zero-order chi connectivity index (χ0) is 11.4. The molecule has 0 saturated heterocycles. The van der Waals surface area contributed by atoms with E-state index in [1.807, 2.05) is 24.1 Å². The Labute approximate surface area is 96.7 Å². The van der Waals surface area contributed by atoms with Crippen LogP contribution in [0.1, 0.15) is 31.4 Å². The third-order valence-electron chi connectivity index (χ3n) is 3.72. The van der Waals surface area contributed by atoms with Crippen LogP contribution in [0.3, 0.4) is 0 Å². The van der Waals surface area contributed by atoms with Crippen molar-refractivity contribution in [2.45, 2.75) is 32.2 Å². The number of hydrogen-bond donors (Lipinski definition) is 2. The summed E-state index contributed by atoms with van der Waals surface area (Å²) >= 11 is 0. The van der Waals surface area contributed by atoms with E-state index >= 15 is 0 Å². The number of rotatable bonds is 5. The quantitative estimate of drug-likeness (QED) is 0.785. The van der Waals surface area contributed by atoms with Gasteiger partial charge in [-0.3, -0.25) is 0 Å². The molecule has 0 aromatic carbocycles. The summed E-state index contributed by atoms with van der Waals surface area (Å²) in [6.07, 6.45) is 8.52. The van der Waals surface area contributed by atoms with Gasteiger partial charge in [-0.2, -0.15) is 0 Å². The molecule has 0 bridgehead atoms. The van der Waals surface area contributed by atoms with Crippen molar-refractivity contribution in [3.63, 3.8) is 0 Å². The molecule has 1 heterocycles. The van der Waals surface area contributed by atoms with Crippen LogP contribution in [0.4, 0.5) is 0 Å². The summed E-state index contributed by atoms with van der Waals surface area (Å²) in [6, 6.07) is 0. The standard InChI is InChI=1S/C12H21N3O/c1-15-10-14-7-11(15)6-13-8-12(9-16)4-2-3-5-12/h7,10,13,16H,2-6,8-9H2,1H3. The minimum Gasteiger partial charge on any atom is -0.396 e. The van der Waals surface area contributed by atoms with Crippen LogP contribution >= 0.6 is 0 Å². The molecule has 0 atom stereocenters. The van der Waals surface area contributed by atoms with Crippen molar-refractivity contribution in [3.8, 4) is 0 Å². The summed E-state index contributed by atoms with van der Waals surface area (Å²) in [5.74, 6) is 0. The van der Waals surface area contributed by atoms with Crippen LogP contribution in [-0.4, -0.2) is 27.8 Å². The Bertz CT molecular complexity index is 329. The van der Waals surface area contributed by atoms with Crippen LogP contribution in [0.2, 0.25) is 0 Å². The Kier molecular flexibility index (Phi) is 3.61. The van der Waals surface area contributed by atoms with Gasteiger partial charge in [-0.15, -0.1) is 0 Å². The van der Waals surface area contributed by atoms with Crippen LogP contribution in [0, 0.1) is 5.41 Å². The maximum atomic E-state index is 9.47. The van der Waals surface area contributed by atoms with Crippen LogP contribution < -0.4 is 5.32 Å². The van der Waals surface area contributed by atoms with E-state index in [0.717, 1.165) is 25.9 Å². The number of hydrogen-bond acceptors (Lipinski definition) is 3. The first kappa shape index (κ1) is 11.6. The predicted molar refractivity (Wildman–Crippen MR) is 62.9 cm³/mol. The third kappa shape index (κ3) is 2.44. The van der Waals surface area contributed by atoms with Crippen molar-refractivity contribution >= 4 is 0 Å². The molecule has 4 heteroatoms. The zero-order valence-corrected chi connectivity index (χ0v) is 9.95. The highest BCUT2D eigenvalue weighted by Gasteiger charge is 2.32. The van der Waals surface area contributed by atoms with E-state index in [-0.39, 0.29) is 5.41 Å². The lowest BCUT2D eigenvalue weighted by Gasteiger charge is -2.26. The summed E-state index contributed by atoms with van der Waals surface area (Å²) in [5.41, 5.74) is 1.32. The molecule has 0 spiro atoms. The van der Waals surface area contributed by atoms with E-state index in [4.69, 9.17) is 0 Å². The molecule has 1 aromatic rings. The summed E-state index contributed by atoms with van der Waals surface area (Å²) in [7, 11) is 2.00. The molecular weight excluding hydrogens is 202 g/mol. The highest BCUT2D eigenvalue weighted by molar-refractivity contribution is 4.97. The van der Waals surface area contributed by atoms with Crippen molar-refractivity contribution in [2.75, 3.05) is 13.2 Å². The summed E-state index contributed by atoms with van der Waals surface area (Å²) in [6.45, 7) is 2.05. The molecule has 2 rings (SSSR count). The molecule has 0 radical (unpaired) electrons. The molecule has 0 unspecified atom stereocenters. The van der Waals surface area contributed by atoms with E-state index in [2.05, 4.69) is 10.3 Å². The van der Waals surface area contributed by atoms with Crippen LogP contribution in [0.5, 0.6) is 0 Å². The Morgan fingerprint density at radius 1 is 1.50 bits per heavy atom. The fourth-order valence-electron chi connectivity index (χ4n) is 2.53. The molecule has 1 aliphatic carbocycles. The maximum Gasteiger partial charge on any atom is 0.0945 e. The highest BCUT2D eigenvalue weighted by atomic mass is 16.3. The largest absolute Gasteiger partial charge is 0.396 e. The number of aryl methyl sites for hydroxylation is 1. The van der Waals surface area contributed by atoms with Gasteiger partial charge in [0.25, 0.3) is 0 Å². The SMILES string of the molecule is Cn1cncc1CNCC1(CO)CCCC1. The fourth-order valence-corrected chi connectivity index (χ4v) is 2.53. The minimum absolute atomic E-state index is 0.137. The smallest absolute Gasteiger partial charge is 0.0945 e.